The van der Waals surface area contributed by atoms with Gasteiger partial charge in [-0.15, -0.1) is 0 Å². The van der Waals surface area contributed by atoms with Crippen molar-refractivity contribution in [3.05, 3.63) is 33.3 Å². The summed E-state index contributed by atoms with van der Waals surface area (Å²) in [5, 5.41) is 0. The van der Waals surface area contributed by atoms with Gasteiger partial charge in [0.05, 0.1) is 6.10 Å². The Morgan fingerprint density at radius 2 is 1.95 bits per heavy atom. The molecule has 0 saturated heterocycles. The van der Waals surface area contributed by atoms with Crippen molar-refractivity contribution in [3.8, 4) is 0 Å². The van der Waals surface area contributed by atoms with Crippen LogP contribution in [0.5, 0.6) is 0 Å². The lowest BCUT2D eigenvalue weighted by atomic mass is 9.78. The third kappa shape index (κ3) is 3.83. The lowest BCUT2D eigenvalue weighted by Crippen LogP contribution is -2.31. The molecule has 0 spiro atoms. The minimum absolute atomic E-state index is 0.465. The van der Waals surface area contributed by atoms with E-state index in [0.29, 0.717) is 10.9 Å². The molecule has 0 amide bonds. The fourth-order valence-electron chi connectivity index (χ4n) is 2.80. The number of hydrogen-bond donors (Lipinski definition) is 0. The lowest BCUT2D eigenvalue weighted by molar-refractivity contribution is -0.0264. The molecule has 2 rings (SSSR count). The smallest absolute Gasteiger partial charge is 0.0580 e. The van der Waals surface area contributed by atoms with E-state index in [0.717, 1.165) is 12.5 Å². The number of ether oxygens (including phenoxy) is 1. The van der Waals surface area contributed by atoms with E-state index in [9.17, 15) is 0 Å². The molecule has 0 radical (unpaired) electrons. The quantitative estimate of drug-likeness (QED) is 0.586. The summed E-state index contributed by atoms with van der Waals surface area (Å²) in [7, 11) is 0. The molecular formula is C16H22Br2O. The molecule has 1 saturated carbocycles. The zero-order chi connectivity index (χ0) is 14.0. The zero-order valence-corrected chi connectivity index (χ0v) is 15.1. The van der Waals surface area contributed by atoms with E-state index in [1.807, 2.05) is 0 Å². The molecule has 1 nitrogen and oxygen atoms in total. The number of aryl methyl sites for hydroxylation is 2. The average Bonchev–Trinajstić information content (AvgIpc) is 2.31. The van der Waals surface area contributed by atoms with Crippen LogP contribution in [0.2, 0.25) is 0 Å². The Kier molecular flexibility index (Phi) is 5.50. The van der Waals surface area contributed by atoms with E-state index < -0.39 is 0 Å². The molecule has 0 heterocycles. The second-order valence-corrected chi connectivity index (χ2v) is 7.54. The Labute approximate surface area is 133 Å². The van der Waals surface area contributed by atoms with Crippen LogP contribution in [0.25, 0.3) is 0 Å². The molecule has 0 aromatic heterocycles. The standard InChI is InChI=1S/C16H22Br2O/c1-4-19-13-7-12(8-13)9-16(18)14-5-11(3)15(17)6-10(14)2/h5-6,12-13,16H,4,7-9H2,1-3H3. The van der Waals surface area contributed by atoms with E-state index >= 15 is 0 Å². The molecule has 1 atom stereocenters. The van der Waals surface area contributed by atoms with Crippen molar-refractivity contribution in [2.75, 3.05) is 6.61 Å². The van der Waals surface area contributed by atoms with Crippen molar-refractivity contribution >= 4 is 31.9 Å². The van der Waals surface area contributed by atoms with Gasteiger partial charge in [0.25, 0.3) is 0 Å². The van der Waals surface area contributed by atoms with Crippen LogP contribution >= 0.6 is 31.9 Å². The van der Waals surface area contributed by atoms with E-state index in [4.69, 9.17) is 4.74 Å². The largest absolute Gasteiger partial charge is 0.378 e. The zero-order valence-electron chi connectivity index (χ0n) is 11.9. The van der Waals surface area contributed by atoms with Crippen LogP contribution in [0.15, 0.2) is 16.6 Å². The Bertz CT molecular complexity index is 439. The van der Waals surface area contributed by atoms with E-state index in [1.165, 1.54) is 40.4 Å². The fourth-order valence-corrected chi connectivity index (χ4v) is 4.28. The lowest BCUT2D eigenvalue weighted by Gasteiger charge is -2.36. The molecule has 1 fully saturated rings. The van der Waals surface area contributed by atoms with Gasteiger partial charge in [0.1, 0.15) is 0 Å². The van der Waals surface area contributed by atoms with Crippen LogP contribution in [-0.2, 0) is 4.74 Å². The highest BCUT2D eigenvalue weighted by atomic mass is 79.9. The van der Waals surface area contributed by atoms with Gasteiger partial charge in [-0.1, -0.05) is 37.9 Å². The van der Waals surface area contributed by atoms with Crippen LogP contribution < -0.4 is 0 Å². The predicted molar refractivity (Wildman–Crippen MR) is 88.0 cm³/mol. The Morgan fingerprint density at radius 1 is 1.26 bits per heavy atom. The van der Waals surface area contributed by atoms with Crippen LogP contribution in [0.1, 0.15) is 47.7 Å². The second kappa shape index (κ2) is 6.73. The van der Waals surface area contributed by atoms with Gasteiger partial charge >= 0.3 is 0 Å². The summed E-state index contributed by atoms with van der Waals surface area (Å²) < 4.78 is 6.83. The van der Waals surface area contributed by atoms with Crippen LogP contribution in [0.4, 0.5) is 0 Å². The summed E-state index contributed by atoms with van der Waals surface area (Å²) in [6, 6.07) is 4.53. The van der Waals surface area contributed by atoms with Crippen molar-refractivity contribution < 1.29 is 4.74 Å². The first-order valence-corrected chi connectivity index (χ1v) is 8.74. The van der Waals surface area contributed by atoms with Crippen molar-refractivity contribution in [2.45, 2.75) is 51.0 Å². The molecule has 106 valence electrons. The number of halogens is 2. The average molecular weight is 390 g/mol. The summed E-state index contributed by atoms with van der Waals surface area (Å²) in [5.41, 5.74) is 4.10. The number of hydrogen-bond acceptors (Lipinski definition) is 1. The highest BCUT2D eigenvalue weighted by molar-refractivity contribution is 9.10. The minimum Gasteiger partial charge on any atom is -0.378 e. The summed E-state index contributed by atoms with van der Waals surface area (Å²) >= 11 is 7.47. The van der Waals surface area contributed by atoms with Gasteiger partial charge in [0, 0.05) is 15.9 Å². The van der Waals surface area contributed by atoms with Crippen molar-refractivity contribution in [2.24, 2.45) is 5.92 Å². The number of rotatable bonds is 5. The van der Waals surface area contributed by atoms with Crippen LogP contribution in [0.3, 0.4) is 0 Å². The summed E-state index contributed by atoms with van der Waals surface area (Å²) in [6.07, 6.45) is 4.18. The SMILES string of the molecule is CCOC1CC(CC(Br)c2cc(C)c(Br)cc2C)C1. The van der Waals surface area contributed by atoms with Gasteiger partial charge in [-0.05, 0) is 68.7 Å². The first-order chi connectivity index (χ1) is 9.01. The molecule has 1 aromatic rings. The van der Waals surface area contributed by atoms with Gasteiger partial charge in [-0.2, -0.15) is 0 Å². The maximum Gasteiger partial charge on any atom is 0.0580 e. The first-order valence-electron chi connectivity index (χ1n) is 7.03. The van der Waals surface area contributed by atoms with Gasteiger partial charge in [-0.25, -0.2) is 0 Å². The normalized spacial score (nSPS) is 24.1. The monoisotopic (exact) mass is 388 g/mol. The van der Waals surface area contributed by atoms with Gasteiger partial charge in [0.2, 0.25) is 0 Å². The fraction of sp³-hybridized carbons (Fsp3) is 0.625. The molecule has 1 unspecified atom stereocenters. The predicted octanol–water partition coefficient (Wildman–Crippen LogP) is 5.71. The molecule has 19 heavy (non-hydrogen) atoms. The molecule has 0 bridgehead atoms. The Morgan fingerprint density at radius 3 is 2.58 bits per heavy atom. The van der Waals surface area contributed by atoms with Crippen molar-refractivity contribution in [1.29, 1.82) is 0 Å². The maximum atomic E-state index is 5.63. The Balaban J connectivity index is 1.94. The highest BCUT2D eigenvalue weighted by Crippen LogP contribution is 2.41. The molecule has 1 aliphatic rings. The molecule has 1 aliphatic carbocycles. The minimum atomic E-state index is 0.465. The second-order valence-electron chi connectivity index (χ2n) is 5.58. The molecule has 0 aliphatic heterocycles. The third-order valence-electron chi connectivity index (χ3n) is 4.02. The van der Waals surface area contributed by atoms with E-state index in [2.05, 4.69) is 64.8 Å². The third-order valence-corrected chi connectivity index (χ3v) is 5.74. The molecule has 1 aromatic carbocycles. The number of benzene rings is 1. The summed E-state index contributed by atoms with van der Waals surface area (Å²) in [5.74, 6) is 0.810. The maximum absolute atomic E-state index is 5.63. The summed E-state index contributed by atoms with van der Waals surface area (Å²) in [4.78, 5) is 0.465. The van der Waals surface area contributed by atoms with Crippen molar-refractivity contribution in [3.63, 3.8) is 0 Å². The molecular weight excluding hydrogens is 368 g/mol. The molecule has 0 N–H and O–H groups in total. The summed E-state index contributed by atoms with van der Waals surface area (Å²) in [6.45, 7) is 7.27. The molecule has 3 heteroatoms. The van der Waals surface area contributed by atoms with Gasteiger partial charge in [0.15, 0.2) is 0 Å². The van der Waals surface area contributed by atoms with E-state index in [1.54, 1.807) is 0 Å². The van der Waals surface area contributed by atoms with Gasteiger partial charge in [-0.3, -0.25) is 0 Å². The van der Waals surface area contributed by atoms with Gasteiger partial charge < -0.3 is 4.74 Å². The van der Waals surface area contributed by atoms with Crippen LogP contribution in [0, 0.1) is 19.8 Å². The topological polar surface area (TPSA) is 9.23 Å². The first kappa shape index (κ1) is 15.5. The highest BCUT2D eigenvalue weighted by Gasteiger charge is 2.31. The Hall–Kier alpha value is 0.140. The number of alkyl halides is 1. The van der Waals surface area contributed by atoms with E-state index in [-0.39, 0.29) is 0 Å². The van der Waals surface area contributed by atoms with Crippen molar-refractivity contribution in [1.82, 2.24) is 0 Å². The van der Waals surface area contributed by atoms with Crippen LogP contribution in [-0.4, -0.2) is 12.7 Å².